The Kier molecular flexibility index (Phi) is 6.53. The maximum Gasteiger partial charge on any atom is 0.227 e. The lowest BCUT2D eigenvalue weighted by atomic mass is 10.1. The molecule has 6 heteroatoms. The molecule has 6 nitrogen and oxygen atoms in total. The largest absolute Gasteiger partial charge is 0.497 e. The second-order valence-corrected chi connectivity index (χ2v) is 6.72. The number of amides is 2. The molecule has 1 unspecified atom stereocenters. The Hall–Kier alpha value is -3.02. The van der Waals surface area contributed by atoms with Crippen LogP contribution in [0.4, 0.5) is 5.69 Å². The summed E-state index contributed by atoms with van der Waals surface area (Å²) in [5, 5.41) is 2.95. The van der Waals surface area contributed by atoms with Crippen LogP contribution in [0.5, 0.6) is 11.5 Å². The smallest absolute Gasteiger partial charge is 0.227 e. The van der Waals surface area contributed by atoms with Gasteiger partial charge in [-0.3, -0.25) is 9.59 Å². The van der Waals surface area contributed by atoms with Crippen molar-refractivity contribution in [1.82, 2.24) is 5.32 Å². The Morgan fingerprint density at radius 3 is 2.68 bits per heavy atom. The summed E-state index contributed by atoms with van der Waals surface area (Å²) >= 11 is 0. The number of hydrogen-bond acceptors (Lipinski definition) is 4. The molecular weight excluding hydrogens is 356 g/mol. The van der Waals surface area contributed by atoms with Gasteiger partial charge in [-0.1, -0.05) is 12.1 Å². The van der Waals surface area contributed by atoms with Crippen LogP contribution in [0.2, 0.25) is 0 Å². The van der Waals surface area contributed by atoms with Crippen molar-refractivity contribution in [2.45, 2.75) is 19.8 Å². The third-order valence-corrected chi connectivity index (χ3v) is 4.80. The topological polar surface area (TPSA) is 67.9 Å². The summed E-state index contributed by atoms with van der Waals surface area (Å²) in [4.78, 5) is 26.5. The maximum absolute atomic E-state index is 12.5. The van der Waals surface area contributed by atoms with Crippen LogP contribution in [-0.4, -0.2) is 38.6 Å². The van der Waals surface area contributed by atoms with E-state index in [1.165, 1.54) is 0 Å². The molecule has 1 atom stereocenters. The van der Waals surface area contributed by atoms with Crippen LogP contribution in [0.25, 0.3) is 0 Å². The number of methoxy groups -OCH3 is 1. The molecule has 1 aliphatic rings. The Bertz CT molecular complexity index is 820. The zero-order valence-electron chi connectivity index (χ0n) is 16.3. The number of rotatable bonds is 8. The second kappa shape index (κ2) is 9.26. The fourth-order valence-electron chi connectivity index (χ4n) is 3.32. The van der Waals surface area contributed by atoms with E-state index in [9.17, 15) is 9.59 Å². The molecule has 3 rings (SSSR count). The van der Waals surface area contributed by atoms with Crippen molar-refractivity contribution in [3.05, 3.63) is 54.1 Å². The fourth-order valence-corrected chi connectivity index (χ4v) is 3.32. The van der Waals surface area contributed by atoms with E-state index < -0.39 is 0 Å². The van der Waals surface area contributed by atoms with E-state index in [2.05, 4.69) is 5.32 Å². The monoisotopic (exact) mass is 382 g/mol. The van der Waals surface area contributed by atoms with Gasteiger partial charge >= 0.3 is 0 Å². The lowest BCUT2D eigenvalue weighted by Gasteiger charge is -2.17. The van der Waals surface area contributed by atoms with E-state index in [-0.39, 0.29) is 24.2 Å². The summed E-state index contributed by atoms with van der Waals surface area (Å²) < 4.78 is 10.6. The number of anilines is 1. The first-order valence-corrected chi connectivity index (χ1v) is 9.54. The third-order valence-electron chi connectivity index (χ3n) is 4.80. The van der Waals surface area contributed by atoms with Crippen molar-refractivity contribution in [2.75, 3.05) is 31.7 Å². The van der Waals surface area contributed by atoms with E-state index in [4.69, 9.17) is 9.47 Å². The van der Waals surface area contributed by atoms with Crippen LogP contribution >= 0.6 is 0 Å². The molecule has 148 valence electrons. The van der Waals surface area contributed by atoms with Crippen LogP contribution < -0.4 is 19.7 Å². The predicted octanol–water partition coefficient (Wildman–Crippen LogP) is 2.81. The molecule has 0 spiro atoms. The Balaban J connectivity index is 1.51. The average molecular weight is 382 g/mol. The minimum absolute atomic E-state index is 0.0305. The van der Waals surface area contributed by atoms with E-state index in [0.717, 1.165) is 22.7 Å². The van der Waals surface area contributed by atoms with E-state index >= 15 is 0 Å². The molecule has 2 aromatic rings. The summed E-state index contributed by atoms with van der Waals surface area (Å²) in [5.74, 6) is 1.13. The van der Waals surface area contributed by atoms with Crippen LogP contribution in [0, 0.1) is 5.92 Å². The number of carbonyl (C=O) groups excluding carboxylic acids is 2. The quantitative estimate of drug-likeness (QED) is 0.762. The molecule has 0 bridgehead atoms. The van der Waals surface area contributed by atoms with Gasteiger partial charge in [0.05, 0.1) is 19.6 Å². The summed E-state index contributed by atoms with van der Waals surface area (Å²) in [6.45, 7) is 3.45. The summed E-state index contributed by atoms with van der Waals surface area (Å²) in [7, 11) is 1.63. The number of carbonyl (C=O) groups is 2. The molecular formula is C22H26N2O4. The van der Waals surface area contributed by atoms with E-state index in [1.807, 2.05) is 55.5 Å². The molecule has 0 aromatic heterocycles. The van der Waals surface area contributed by atoms with Gasteiger partial charge in [0.25, 0.3) is 0 Å². The summed E-state index contributed by atoms with van der Waals surface area (Å²) in [5.41, 5.74) is 1.89. The van der Waals surface area contributed by atoms with E-state index in [0.29, 0.717) is 26.1 Å². The average Bonchev–Trinajstić information content (AvgIpc) is 3.11. The van der Waals surface area contributed by atoms with Crippen molar-refractivity contribution in [2.24, 2.45) is 5.92 Å². The number of nitrogens with zero attached hydrogens (tertiary/aromatic N) is 1. The molecule has 28 heavy (non-hydrogen) atoms. The normalized spacial score (nSPS) is 16.1. The van der Waals surface area contributed by atoms with Gasteiger partial charge in [0.1, 0.15) is 11.5 Å². The maximum atomic E-state index is 12.5. The first-order valence-electron chi connectivity index (χ1n) is 9.54. The van der Waals surface area contributed by atoms with E-state index in [1.54, 1.807) is 12.0 Å². The number of benzene rings is 2. The standard InChI is InChI=1S/C22H26N2O4/c1-3-28-19-9-7-18(8-10-19)24-15-17(14-21(24)25)22(26)23-12-11-16-5-4-6-20(13-16)27-2/h4-10,13,17H,3,11-12,14-15H2,1-2H3,(H,23,26). The zero-order chi connectivity index (χ0) is 19.9. The Morgan fingerprint density at radius 1 is 1.18 bits per heavy atom. The van der Waals surface area contributed by atoms with Gasteiger partial charge in [-0.2, -0.15) is 0 Å². The van der Waals surface area contributed by atoms with Gasteiger partial charge in [0.15, 0.2) is 0 Å². The molecule has 2 amide bonds. The minimum Gasteiger partial charge on any atom is -0.497 e. The van der Waals surface area contributed by atoms with Crippen LogP contribution in [-0.2, 0) is 16.0 Å². The van der Waals surface area contributed by atoms with Crippen molar-refractivity contribution >= 4 is 17.5 Å². The number of ether oxygens (including phenoxy) is 2. The molecule has 2 aromatic carbocycles. The molecule has 1 aliphatic heterocycles. The molecule has 1 saturated heterocycles. The first-order chi connectivity index (χ1) is 13.6. The van der Waals surface area contributed by atoms with Gasteiger partial charge in [-0.25, -0.2) is 0 Å². The Labute approximate surface area is 165 Å². The van der Waals surface area contributed by atoms with Crippen LogP contribution in [0.15, 0.2) is 48.5 Å². The van der Waals surface area contributed by atoms with Crippen molar-refractivity contribution in [3.63, 3.8) is 0 Å². The highest BCUT2D eigenvalue weighted by Crippen LogP contribution is 2.27. The highest BCUT2D eigenvalue weighted by molar-refractivity contribution is 6.00. The zero-order valence-corrected chi connectivity index (χ0v) is 16.3. The van der Waals surface area contributed by atoms with Crippen molar-refractivity contribution in [3.8, 4) is 11.5 Å². The molecule has 1 fully saturated rings. The lowest BCUT2D eigenvalue weighted by molar-refractivity contribution is -0.126. The highest BCUT2D eigenvalue weighted by atomic mass is 16.5. The number of hydrogen-bond donors (Lipinski definition) is 1. The summed E-state index contributed by atoms with van der Waals surface area (Å²) in [6.07, 6.45) is 0.949. The van der Waals surface area contributed by atoms with Gasteiger partial charge < -0.3 is 19.7 Å². The van der Waals surface area contributed by atoms with Gasteiger partial charge in [-0.05, 0) is 55.3 Å². The highest BCUT2D eigenvalue weighted by Gasteiger charge is 2.34. The lowest BCUT2D eigenvalue weighted by Crippen LogP contribution is -2.34. The first kappa shape index (κ1) is 19.7. The molecule has 0 radical (unpaired) electrons. The summed E-state index contributed by atoms with van der Waals surface area (Å²) in [6, 6.07) is 15.2. The minimum atomic E-state index is -0.329. The Morgan fingerprint density at radius 2 is 1.96 bits per heavy atom. The predicted molar refractivity (Wildman–Crippen MR) is 108 cm³/mol. The van der Waals surface area contributed by atoms with Crippen LogP contribution in [0.3, 0.4) is 0 Å². The van der Waals surface area contributed by atoms with Crippen molar-refractivity contribution < 1.29 is 19.1 Å². The molecule has 0 saturated carbocycles. The fraction of sp³-hybridized carbons (Fsp3) is 0.364. The van der Waals surface area contributed by atoms with Gasteiger partial charge in [0, 0.05) is 25.2 Å². The molecule has 1 N–H and O–H groups in total. The number of nitrogens with one attached hydrogen (secondary N) is 1. The van der Waals surface area contributed by atoms with Gasteiger partial charge in [-0.15, -0.1) is 0 Å². The molecule has 0 aliphatic carbocycles. The third kappa shape index (κ3) is 4.82. The van der Waals surface area contributed by atoms with Gasteiger partial charge in [0.2, 0.25) is 11.8 Å². The van der Waals surface area contributed by atoms with Crippen molar-refractivity contribution in [1.29, 1.82) is 0 Å². The SMILES string of the molecule is CCOc1ccc(N2CC(C(=O)NCCc3cccc(OC)c3)CC2=O)cc1. The second-order valence-electron chi connectivity index (χ2n) is 6.72. The molecule has 1 heterocycles. The van der Waals surface area contributed by atoms with Crippen LogP contribution in [0.1, 0.15) is 18.9 Å².